The maximum Gasteiger partial charge on any atom is 0.250 e. The molecule has 0 radical (unpaired) electrons. The van der Waals surface area contributed by atoms with Crippen LogP contribution >= 0.6 is 0 Å². The molecule has 2 aromatic rings. The van der Waals surface area contributed by atoms with E-state index in [1.54, 1.807) is 22.9 Å². The smallest absolute Gasteiger partial charge is 0.250 e. The van der Waals surface area contributed by atoms with Gasteiger partial charge in [0.15, 0.2) is 0 Å². The number of aryl methyl sites for hydroxylation is 1. The summed E-state index contributed by atoms with van der Waals surface area (Å²) in [6, 6.07) is 13.2. The SMILES string of the molecule is CCc1cccc(OCCn2ccccc2=O)c1. The van der Waals surface area contributed by atoms with Crippen molar-refractivity contribution in [1.82, 2.24) is 4.57 Å². The van der Waals surface area contributed by atoms with Crippen LogP contribution in [-0.4, -0.2) is 11.2 Å². The van der Waals surface area contributed by atoms with Gasteiger partial charge in [-0.25, -0.2) is 0 Å². The van der Waals surface area contributed by atoms with E-state index in [4.69, 9.17) is 4.74 Å². The van der Waals surface area contributed by atoms with Crippen LogP contribution in [0.3, 0.4) is 0 Å². The van der Waals surface area contributed by atoms with E-state index in [1.807, 2.05) is 24.3 Å². The van der Waals surface area contributed by atoms with E-state index in [1.165, 1.54) is 5.56 Å². The number of rotatable bonds is 5. The summed E-state index contributed by atoms with van der Waals surface area (Å²) in [6.07, 6.45) is 2.77. The minimum absolute atomic E-state index is 0.00316. The van der Waals surface area contributed by atoms with Crippen LogP contribution in [0.4, 0.5) is 0 Å². The first-order valence-electron chi connectivity index (χ1n) is 6.17. The van der Waals surface area contributed by atoms with Crippen LogP contribution in [0.1, 0.15) is 12.5 Å². The van der Waals surface area contributed by atoms with Crippen molar-refractivity contribution in [2.45, 2.75) is 19.9 Å². The molecule has 0 saturated heterocycles. The lowest BCUT2D eigenvalue weighted by atomic mass is 10.2. The Labute approximate surface area is 107 Å². The quantitative estimate of drug-likeness (QED) is 0.808. The average molecular weight is 243 g/mol. The first-order valence-corrected chi connectivity index (χ1v) is 6.17. The van der Waals surface area contributed by atoms with Crippen molar-refractivity contribution in [2.75, 3.05) is 6.61 Å². The molecule has 0 bridgehead atoms. The first kappa shape index (κ1) is 12.4. The van der Waals surface area contributed by atoms with Gasteiger partial charge >= 0.3 is 0 Å². The van der Waals surface area contributed by atoms with Gasteiger partial charge in [-0.1, -0.05) is 25.1 Å². The maximum atomic E-state index is 11.5. The molecule has 94 valence electrons. The summed E-state index contributed by atoms with van der Waals surface area (Å²) in [6.45, 7) is 3.18. The second-order valence-corrected chi connectivity index (χ2v) is 4.08. The van der Waals surface area contributed by atoms with Crippen LogP contribution in [0.25, 0.3) is 0 Å². The average Bonchev–Trinajstić information content (AvgIpc) is 2.41. The summed E-state index contributed by atoms with van der Waals surface area (Å²) in [4.78, 5) is 11.5. The fourth-order valence-corrected chi connectivity index (χ4v) is 1.76. The lowest BCUT2D eigenvalue weighted by Crippen LogP contribution is -2.21. The van der Waals surface area contributed by atoms with Crippen molar-refractivity contribution in [2.24, 2.45) is 0 Å². The maximum absolute atomic E-state index is 11.5. The van der Waals surface area contributed by atoms with Crippen molar-refractivity contribution >= 4 is 0 Å². The number of benzene rings is 1. The summed E-state index contributed by atoms with van der Waals surface area (Å²) in [5, 5.41) is 0. The zero-order valence-corrected chi connectivity index (χ0v) is 10.5. The van der Waals surface area contributed by atoms with Crippen molar-refractivity contribution in [3.8, 4) is 5.75 Å². The monoisotopic (exact) mass is 243 g/mol. The highest BCUT2D eigenvalue weighted by molar-refractivity contribution is 5.28. The summed E-state index contributed by atoms with van der Waals surface area (Å²) >= 11 is 0. The predicted octanol–water partition coefficient (Wildman–Crippen LogP) is 2.49. The molecule has 0 spiro atoms. The largest absolute Gasteiger partial charge is 0.492 e. The Bertz CT molecular complexity index is 560. The van der Waals surface area contributed by atoms with Crippen LogP contribution in [0.5, 0.6) is 5.75 Å². The molecule has 0 N–H and O–H groups in total. The Morgan fingerprint density at radius 3 is 2.83 bits per heavy atom. The zero-order chi connectivity index (χ0) is 12.8. The molecule has 0 amide bonds. The molecular weight excluding hydrogens is 226 g/mol. The summed E-state index contributed by atoms with van der Waals surface area (Å²) in [5.74, 6) is 0.860. The molecule has 0 saturated carbocycles. The highest BCUT2D eigenvalue weighted by Crippen LogP contribution is 2.13. The van der Waals surface area contributed by atoms with Gasteiger partial charge in [0.05, 0.1) is 6.54 Å². The van der Waals surface area contributed by atoms with Gasteiger partial charge in [0, 0.05) is 12.3 Å². The van der Waals surface area contributed by atoms with E-state index in [9.17, 15) is 4.79 Å². The van der Waals surface area contributed by atoms with Crippen molar-refractivity contribution in [3.63, 3.8) is 0 Å². The molecule has 0 unspecified atom stereocenters. The Kier molecular flexibility index (Phi) is 4.18. The molecule has 18 heavy (non-hydrogen) atoms. The topological polar surface area (TPSA) is 31.2 Å². The molecule has 3 nitrogen and oxygen atoms in total. The molecule has 0 fully saturated rings. The Hall–Kier alpha value is -2.03. The molecule has 0 aliphatic rings. The van der Waals surface area contributed by atoms with E-state index >= 15 is 0 Å². The number of aromatic nitrogens is 1. The number of ether oxygens (including phenoxy) is 1. The highest BCUT2D eigenvalue weighted by Gasteiger charge is 1.97. The van der Waals surface area contributed by atoms with Crippen molar-refractivity contribution in [3.05, 3.63) is 64.6 Å². The van der Waals surface area contributed by atoms with E-state index in [0.717, 1.165) is 12.2 Å². The lowest BCUT2D eigenvalue weighted by Gasteiger charge is -2.08. The normalized spacial score (nSPS) is 10.3. The number of nitrogens with zero attached hydrogens (tertiary/aromatic N) is 1. The molecule has 3 heteroatoms. The Morgan fingerprint density at radius 2 is 2.06 bits per heavy atom. The molecule has 1 heterocycles. The van der Waals surface area contributed by atoms with E-state index < -0.39 is 0 Å². The molecular formula is C15H17NO2. The molecule has 1 aromatic heterocycles. The minimum Gasteiger partial charge on any atom is -0.492 e. The van der Waals surface area contributed by atoms with Gasteiger partial charge in [-0.3, -0.25) is 4.79 Å². The van der Waals surface area contributed by atoms with Crippen LogP contribution in [0.15, 0.2) is 53.5 Å². The third kappa shape index (κ3) is 3.23. The van der Waals surface area contributed by atoms with Gasteiger partial charge in [-0.2, -0.15) is 0 Å². The van der Waals surface area contributed by atoms with Crippen molar-refractivity contribution < 1.29 is 4.74 Å². The van der Waals surface area contributed by atoms with Gasteiger partial charge in [0.25, 0.3) is 5.56 Å². The number of hydrogen-bond donors (Lipinski definition) is 0. The van der Waals surface area contributed by atoms with Gasteiger partial charge in [-0.05, 0) is 30.2 Å². The van der Waals surface area contributed by atoms with Crippen LogP contribution < -0.4 is 10.3 Å². The van der Waals surface area contributed by atoms with Gasteiger partial charge in [0.1, 0.15) is 12.4 Å². The Morgan fingerprint density at radius 1 is 1.17 bits per heavy atom. The molecule has 1 aromatic carbocycles. The second kappa shape index (κ2) is 6.05. The molecule has 0 aliphatic heterocycles. The fourth-order valence-electron chi connectivity index (χ4n) is 1.76. The summed E-state index contributed by atoms with van der Waals surface area (Å²) < 4.78 is 7.29. The Balaban J connectivity index is 1.92. The van der Waals surface area contributed by atoms with Crippen molar-refractivity contribution in [1.29, 1.82) is 0 Å². The van der Waals surface area contributed by atoms with Gasteiger partial charge < -0.3 is 9.30 Å². The minimum atomic E-state index is 0.00316. The van der Waals surface area contributed by atoms with Gasteiger partial charge in [-0.15, -0.1) is 0 Å². The van der Waals surface area contributed by atoms with E-state index in [-0.39, 0.29) is 5.56 Å². The molecule has 0 atom stereocenters. The lowest BCUT2D eigenvalue weighted by molar-refractivity contribution is 0.296. The fraction of sp³-hybridized carbons (Fsp3) is 0.267. The van der Waals surface area contributed by atoms with Crippen LogP contribution in [0, 0.1) is 0 Å². The summed E-state index contributed by atoms with van der Waals surface area (Å²) in [5.41, 5.74) is 1.26. The number of pyridine rings is 1. The third-order valence-electron chi connectivity index (χ3n) is 2.81. The van der Waals surface area contributed by atoms with E-state index in [0.29, 0.717) is 13.2 Å². The van der Waals surface area contributed by atoms with Crippen LogP contribution in [0.2, 0.25) is 0 Å². The zero-order valence-electron chi connectivity index (χ0n) is 10.5. The second-order valence-electron chi connectivity index (χ2n) is 4.08. The highest BCUT2D eigenvalue weighted by atomic mass is 16.5. The standard InChI is InChI=1S/C15H17NO2/c1-2-13-6-5-7-14(12-13)18-11-10-16-9-4-3-8-15(16)17/h3-9,12H,2,10-11H2,1H3. The summed E-state index contributed by atoms with van der Waals surface area (Å²) in [7, 11) is 0. The van der Waals surface area contributed by atoms with Gasteiger partial charge in [0.2, 0.25) is 0 Å². The van der Waals surface area contributed by atoms with E-state index in [2.05, 4.69) is 13.0 Å². The molecule has 0 aliphatic carbocycles. The van der Waals surface area contributed by atoms with Crippen LogP contribution in [-0.2, 0) is 13.0 Å². The number of hydrogen-bond acceptors (Lipinski definition) is 2. The third-order valence-corrected chi connectivity index (χ3v) is 2.81. The first-order chi connectivity index (χ1) is 8.79. The molecule has 2 rings (SSSR count). The predicted molar refractivity (Wildman–Crippen MR) is 72.0 cm³/mol.